The molecule has 0 heterocycles. The van der Waals surface area contributed by atoms with Gasteiger partial charge in [-0.2, -0.15) is 8.42 Å². The largest absolute Gasteiger partial charge is 0.457 e. The molecule has 0 aliphatic carbocycles. The lowest BCUT2D eigenvalue weighted by molar-refractivity contribution is 0.473. The average molecular weight is 418 g/mol. The second-order valence-electron chi connectivity index (χ2n) is 6.14. The fourth-order valence-electron chi connectivity index (χ4n) is 2.44. The van der Waals surface area contributed by atoms with Crippen LogP contribution < -0.4 is 8.92 Å². The minimum atomic E-state index is -4.32. The van der Waals surface area contributed by atoms with Gasteiger partial charge in [0.05, 0.1) is 4.90 Å². The van der Waals surface area contributed by atoms with Crippen molar-refractivity contribution in [3.8, 4) is 17.2 Å². The van der Waals surface area contributed by atoms with Crippen LogP contribution in [0.15, 0.2) is 82.6 Å². The van der Waals surface area contributed by atoms with E-state index in [0.29, 0.717) is 11.5 Å². The summed E-state index contributed by atoms with van der Waals surface area (Å²) in [6, 6.07) is 18.8. The van der Waals surface area contributed by atoms with Crippen molar-refractivity contribution in [1.29, 1.82) is 0 Å². The Morgan fingerprint density at radius 2 is 1.11 bits per heavy atom. The molecular weight excluding hydrogens is 400 g/mol. The fraction of sp³-hybridized carbons (Fsp3) is 0.100. The minimum absolute atomic E-state index is 0.0413. The standard InChI is InChI=1S/C20H18O6S2/c1-15-7-9-16(10-8-15)25-17-11-13-18(14-12-17)26-28(23,24)20-6-4-3-5-19(20)27(2,21)22/h3-14H,1-2H3. The summed E-state index contributed by atoms with van der Waals surface area (Å²) in [6.07, 6.45) is 0.943. The molecule has 0 aliphatic heterocycles. The average Bonchev–Trinajstić information content (AvgIpc) is 2.64. The number of ether oxygens (including phenoxy) is 1. The third kappa shape index (κ3) is 4.71. The first-order chi connectivity index (χ1) is 13.1. The van der Waals surface area contributed by atoms with Gasteiger partial charge in [-0.25, -0.2) is 8.42 Å². The molecule has 0 atom stereocenters. The van der Waals surface area contributed by atoms with Crippen molar-refractivity contribution >= 4 is 20.0 Å². The quantitative estimate of drug-likeness (QED) is 0.563. The number of hydrogen-bond donors (Lipinski definition) is 0. The maximum atomic E-state index is 12.6. The molecule has 0 amide bonds. The van der Waals surface area contributed by atoms with E-state index in [0.717, 1.165) is 11.8 Å². The monoisotopic (exact) mass is 418 g/mol. The van der Waals surface area contributed by atoms with Gasteiger partial charge in [0.1, 0.15) is 22.1 Å². The van der Waals surface area contributed by atoms with Crippen LogP contribution in [-0.4, -0.2) is 23.1 Å². The lowest BCUT2D eigenvalue weighted by Gasteiger charge is -2.11. The molecule has 3 aromatic carbocycles. The zero-order valence-electron chi connectivity index (χ0n) is 15.2. The summed E-state index contributed by atoms with van der Waals surface area (Å²) >= 11 is 0. The number of rotatable bonds is 6. The summed E-state index contributed by atoms with van der Waals surface area (Å²) in [4.78, 5) is -0.716. The Balaban J connectivity index is 1.81. The van der Waals surface area contributed by atoms with Gasteiger partial charge in [-0.1, -0.05) is 29.8 Å². The number of hydrogen-bond acceptors (Lipinski definition) is 6. The van der Waals surface area contributed by atoms with E-state index in [-0.39, 0.29) is 10.6 Å². The molecule has 28 heavy (non-hydrogen) atoms. The van der Waals surface area contributed by atoms with Gasteiger partial charge < -0.3 is 8.92 Å². The van der Waals surface area contributed by atoms with Gasteiger partial charge in [-0.15, -0.1) is 0 Å². The second-order valence-corrected chi connectivity index (χ2v) is 9.64. The van der Waals surface area contributed by atoms with Crippen LogP contribution in [0, 0.1) is 6.92 Å². The van der Waals surface area contributed by atoms with Gasteiger partial charge in [-0.05, 0) is 55.5 Å². The predicted octanol–water partition coefficient (Wildman–Crippen LogP) is 3.96. The molecule has 0 spiro atoms. The van der Waals surface area contributed by atoms with Crippen molar-refractivity contribution in [1.82, 2.24) is 0 Å². The Morgan fingerprint density at radius 1 is 0.643 bits per heavy atom. The Labute approximate surface area is 164 Å². The lowest BCUT2D eigenvalue weighted by Crippen LogP contribution is -2.14. The Hall–Kier alpha value is -2.84. The molecule has 8 heteroatoms. The van der Waals surface area contributed by atoms with Gasteiger partial charge in [0, 0.05) is 6.26 Å². The molecule has 3 rings (SSSR count). The molecule has 0 radical (unpaired) electrons. The third-order valence-corrected chi connectivity index (χ3v) is 6.40. The van der Waals surface area contributed by atoms with Crippen LogP contribution in [0.2, 0.25) is 0 Å². The Bertz CT molecular complexity index is 1180. The Kier molecular flexibility index (Phi) is 5.44. The van der Waals surface area contributed by atoms with Crippen LogP contribution in [0.1, 0.15) is 5.56 Å². The van der Waals surface area contributed by atoms with E-state index in [2.05, 4.69) is 0 Å². The van der Waals surface area contributed by atoms with Crippen LogP contribution in [0.25, 0.3) is 0 Å². The maximum absolute atomic E-state index is 12.6. The summed E-state index contributed by atoms with van der Waals surface area (Å²) in [5.74, 6) is 1.19. The summed E-state index contributed by atoms with van der Waals surface area (Å²) in [5.41, 5.74) is 1.11. The van der Waals surface area contributed by atoms with Crippen LogP contribution >= 0.6 is 0 Å². The minimum Gasteiger partial charge on any atom is -0.457 e. The van der Waals surface area contributed by atoms with E-state index < -0.39 is 24.9 Å². The van der Waals surface area contributed by atoms with E-state index in [9.17, 15) is 16.8 Å². The highest BCUT2D eigenvalue weighted by Crippen LogP contribution is 2.27. The molecule has 0 saturated heterocycles. The highest BCUT2D eigenvalue weighted by Gasteiger charge is 2.25. The third-order valence-electron chi connectivity index (χ3n) is 3.80. The first-order valence-corrected chi connectivity index (χ1v) is 11.5. The number of aryl methyl sites for hydroxylation is 1. The SMILES string of the molecule is Cc1ccc(Oc2ccc(OS(=O)(=O)c3ccccc3S(C)(=O)=O)cc2)cc1. The van der Waals surface area contributed by atoms with E-state index in [4.69, 9.17) is 8.92 Å². The molecule has 3 aromatic rings. The first kappa shape index (κ1) is 19.9. The van der Waals surface area contributed by atoms with Crippen molar-refractivity contribution in [2.45, 2.75) is 16.7 Å². The van der Waals surface area contributed by atoms with Gasteiger partial charge in [0.15, 0.2) is 9.84 Å². The molecule has 0 fully saturated rings. The summed E-state index contributed by atoms with van der Waals surface area (Å²) in [7, 11) is -8.06. The lowest BCUT2D eigenvalue weighted by atomic mass is 10.2. The fourth-order valence-corrected chi connectivity index (χ4v) is 4.97. The molecule has 0 saturated carbocycles. The van der Waals surface area contributed by atoms with E-state index >= 15 is 0 Å². The molecule has 0 aliphatic rings. The summed E-state index contributed by atoms with van der Waals surface area (Å²) in [5, 5.41) is 0. The second kappa shape index (κ2) is 7.65. The van der Waals surface area contributed by atoms with Crippen molar-refractivity contribution in [3.05, 3.63) is 78.4 Å². The molecule has 0 unspecified atom stereocenters. The highest BCUT2D eigenvalue weighted by atomic mass is 32.2. The van der Waals surface area contributed by atoms with Crippen molar-refractivity contribution in [2.75, 3.05) is 6.26 Å². The Morgan fingerprint density at radius 3 is 1.64 bits per heavy atom. The predicted molar refractivity (Wildman–Crippen MR) is 105 cm³/mol. The van der Waals surface area contributed by atoms with Gasteiger partial charge >= 0.3 is 10.1 Å². The van der Waals surface area contributed by atoms with E-state index in [1.165, 1.54) is 36.4 Å². The topological polar surface area (TPSA) is 86.7 Å². The van der Waals surface area contributed by atoms with Crippen LogP contribution in [0.3, 0.4) is 0 Å². The smallest absolute Gasteiger partial charge is 0.340 e. The molecule has 0 bridgehead atoms. The zero-order chi connectivity index (χ0) is 20.4. The van der Waals surface area contributed by atoms with Crippen molar-refractivity contribution < 1.29 is 25.8 Å². The van der Waals surface area contributed by atoms with E-state index in [1.54, 1.807) is 12.1 Å². The molecular formula is C20H18O6S2. The van der Waals surface area contributed by atoms with Crippen LogP contribution in [-0.2, 0) is 20.0 Å². The van der Waals surface area contributed by atoms with Crippen molar-refractivity contribution in [3.63, 3.8) is 0 Å². The molecule has 0 N–H and O–H groups in total. The summed E-state index contributed by atoms with van der Waals surface area (Å²) in [6.45, 7) is 1.97. The first-order valence-electron chi connectivity index (χ1n) is 8.23. The number of benzene rings is 3. The zero-order valence-corrected chi connectivity index (χ0v) is 16.8. The molecule has 146 valence electrons. The highest BCUT2D eigenvalue weighted by molar-refractivity contribution is 7.92. The van der Waals surface area contributed by atoms with Crippen molar-refractivity contribution in [2.24, 2.45) is 0 Å². The summed E-state index contributed by atoms with van der Waals surface area (Å²) < 4.78 is 59.6. The van der Waals surface area contributed by atoms with Crippen LogP contribution in [0.4, 0.5) is 0 Å². The van der Waals surface area contributed by atoms with Crippen LogP contribution in [0.5, 0.6) is 17.2 Å². The normalized spacial score (nSPS) is 11.8. The van der Waals surface area contributed by atoms with Gasteiger partial charge in [0.2, 0.25) is 0 Å². The molecule has 0 aromatic heterocycles. The van der Waals surface area contributed by atoms with E-state index in [1.807, 2.05) is 31.2 Å². The van der Waals surface area contributed by atoms with Gasteiger partial charge in [0.25, 0.3) is 0 Å². The number of sulfone groups is 1. The maximum Gasteiger partial charge on any atom is 0.340 e. The molecule has 6 nitrogen and oxygen atoms in total. The van der Waals surface area contributed by atoms with Gasteiger partial charge in [-0.3, -0.25) is 0 Å².